The molecule has 10 heavy (non-hydrogen) atoms. The summed E-state index contributed by atoms with van der Waals surface area (Å²) < 4.78 is 13.2. The van der Waals surface area contributed by atoms with E-state index in [1.165, 1.54) is 10.9 Å². The predicted octanol–water partition coefficient (Wildman–Crippen LogP) is -0.260. The topological polar surface area (TPSA) is 50.9 Å². The van der Waals surface area contributed by atoms with Gasteiger partial charge in [0, 0.05) is 0 Å². The number of rotatable bonds is 3. The molecule has 1 rings (SSSR count). The van der Waals surface area contributed by atoms with Gasteiger partial charge >= 0.3 is 0 Å². The van der Waals surface area contributed by atoms with Crippen molar-refractivity contribution in [3.05, 3.63) is 12.2 Å². The summed E-state index contributed by atoms with van der Waals surface area (Å²) in [5.74, 6) is 0.401. The molecule has 4 nitrogen and oxygen atoms in total. The number of hydrogen-bond donors (Lipinski definition) is 1. The van der Waals surface area contributed by atoms with E-state index in [-0.39, 0.29) is 13.2 Å². The molecule has 0 aromatic carbocycles. The standard InChI is InChI=1S/C5H8FN3O/c6-1-2-9-4-7-8-5(9)3-10/h4,10H,1-3H2. The molecule has 0 aliphatic heterocycles. The first-order chi connectivity index (χ1) is 4.88. The molecule has 0 unspecified atom stereocenters. The second-order valence-electron chi connectivity index (χ2n) is 1.79. The first-order valence-corrected chi connectivity index (χ1v) is 2.92. The van der Waals surface area contributed by atoms with Crippen LogP contribution in [0, 0.1) is 0 Å². The summed E-state index contributed by atoms with van der Waals surface area (Å²) in [5.41, 5.74) is 0. The van der Waals surface area contributed by atoms with Crippen molar-refractivity contribution in [3.8, 4) is 0 Å². The third-order valence-corrected chi connectivity index (χ3v) is 1.16. The number of hydrogen-bond acceptors (Lipinski definition) is 3. The number of halogens is 1. The highest BCUT2D eigenvalue weighted by atomic mass is 19.1. The average Bonchev–Trinajstić information content (AvgIpc) is 2.36. The van der Waals surface area contributed by atoms with Crippen LogP contribution in [0.2, 0.25) is 0 Å². The highest BCUT2D eigenvalue weighted by molar-refractivity contribution is 4.81. The Balaban J connectivity index is 2.70. The molecule has 0 radical (unpaired) electrons. The smallest absolute Gasteiger partial charge is 0.158 e. The molecule has 0 atom stereocenters. The van der Waals surface area contributed by atoms with Crippen LogP contribution in [0.4, 0.5) is 4.39 Å². The van der Waals surface area contributed by atoms with Gasteiger partial charge in [0.25, 0.3) is 0 Å². The predicted molar refractivity (Wildman–Crippen MR) is 31.9 cm³/mol. The van der Waals surface area contributed by atoms with Crippen molar-refractivity contribution in [2.75, 3.05) is 6.67 Å². The summed E-state index contributed by atoms with van der Waals surface area (Å²) in [5, 5.41) is 15.6. The van der Waals surface area contributed by atoms with Gasteiger partial charge in [0.15, 0.2) is 5.82 Å². The lowest BCUT2D eigenvalue weighted by atomic mass is 10.6. The molecule has 0 saturated heterocycles. The van der Waals surface area contributed by atoms with E-state index >= 15 is 0 Å². The maximum atomic E-state index is 11.7. The summed E-state index contributed by atoms with van der Waals surface area (Å²) in [6.07, 6.45) is 1.39. The van der Waals surface area contributed by atoms with Crippen molar-refractivity contribution < 1.29 is 9.50 Å². The molecule has 1 aromatic heterocycles. The lowest BCUT2D eigenvalue weighted by Gasteiger charge is -1.98. The zero-order chi connectivity index (χ0) is 7.40. The zero-order valence-corrected chi connectivity index (χ0v) is 5.37. The van der Waals surface area contributed by atoms with Gasteiger partial charge in [0.1, 0.15) is 19.6 Å². The zero-order valence-electron chi connectivity index (χ0n) is 5.37. The molecular formula is C5H8FN3O. The second-order valence-corrected chi connectivity index (χ2v) is 1.79. The molecule has 0 fully saturated rings. The third-order valence-electron chi connectivity index (χ3n) is 1.16. The van der Waals surface area contributed by atoms with Gasteiger partial charge in [-0.1, -0.05) is 0 Å². The van der Waals surface area contributed by atoms with Gasteiger partial charge in [-0.3, -0.25) is 0 Å². The Morgan fingerprint density at radius 1 is 1.70 bits per heavy atom. The van der Waals surface area contributed by atoms with Gasteiger partial charge in [-0.15, -0.1) is 10.2 Å². The van der Waals surface area contributed by atoms with E-state index in [9.17, 15) is 4.39 Å². The van der Waals surface area contributed by atoms with Crippen LogP contribution in [0.25, 0.3) is 0 Å². The summed E-state index contributed by atoms with van der Waals surface area (Å²) >= 11 is 0. The van der Waals surface area contributed by atoms with Crippen molar-refractivity contribution in [2.45, 2.75) is 13.2 Å². The molecule has 0 spiro atoms. The number of aromatic nitrogens is 3. The Kier molecular flexibility index (Phi) is 2.33. The monoisotopic (exact) mass is 145 g/mol. The Hall–Kier alpha value is -0.970. The van der Waals surface area contributed by atoms with Crippen molar-refractivity contribution in [3.63, 3.8) is 0 Å². The molecule has 1 N–H and O–H groups in total. The van der Waals surface area contributed by atoms with Crippen molar-refractivity contribution >= 4 is 0 Å². The van der Waals surface area contributed by atoms with Gasteiger partial charge < -0.3 is 9.67 Å². The fourth-order valence-electron chi connectivity index (χ4n) is 0.679. The van der Waals surface area contributed by atoms with E-state index in [0.717, 1.165) is 0 Å². The van der Waals surface area contributed by atoms with Crippen LogP contribution in [0.15, 0.2) is 6.33 Å². The summed E-state index contributed by atoms with van der Waals surface area (Å²) in [6.45, 7) is -0.450. The molecule has 1 heterocycles. The van der Waals surface area contributed by atoms with Gasteiger partial charge in [-0.05, 0) is 0 Å². The fraction of sp³-hybridized carbons (Fsp3) is 0.600. The Bertz CT molecular complexity index is 201. The first kappa shape index (κ1) is 7.14. The molecule has 56 valence electrons. The summed E-state index contributed by atoms with van der Waals surface area (Å²) in [4.78, 5) is 0. The van der Waals surface area contributed by atoms with E-state index in [1.54, 1.807) is 0 Å². The summed E-state index contributed by atoms with van der Waals surface area (Å²) in [7, 11) is 0. The Morgan fingerprint density at radius 2 is 2.50 bits per heavy atom. The second kappa shape index (κ2) is 3.26. The number of aryl methyl sites for hydroxylation is 1. The van der Waals surface area contributed by atoms with Gasteiger partial charge in [-0.25, -0.2) is 4.39 Å². The van der Waals surface area contributed by atoms with Crippen LogP contribution in [0.1, 0.15) is 5.82 Å². The van der Waals surface area contributed by atoms with Crippen LogP contribution < -0.4 is 0 Å². The Morgan fingerprint density at radius 3 is 3.10 bits per heavy atom. The molecule has 0 bridgehead atoms. The minimum atomic E-state index is -0.467. The van der Waals surface area contributed by atoms with Gasteiger partial charge in [0.2, 0.25) is 0 Å². The molecule has 5 heteroatoms. The normalized spacial score (nSPS) is 10.2. The minimum absolute atomic E-state index is 0.194. The molecule has 0 aliphatic rings. The third kappa shape index (κ3) is 1.30. The Labute approximate surface area is 57.3 Å². The average molecular weight is 145 g/mol. The van der Waals surface area contributed by atoms with Gasteiger partial charge in [-0.2, -0.15) is 0 Å². The van der Waals surface area contributed by atoms with E-state index in [2.05, 4.69) is 10.2 Å². The van der Waals surface area contributed by atoms with E-state index in [4.69, 9.17) is 5.11 Å². The van der Waals surface area contributed by atoms with Crippen molar-refractivity contribution in [1.82, 2.24) is 14.8 Å². The van der Waals surface area contributed by atoms with Crippen LogP contribution in [0.3, 0.4) is 0 Å². The fourth-order valence-corrected chi connectivity index (χ4v) is 0.679. The van der Waals surface area contributed by atoms with Crippen LogP contribution in [-0.4, -0.2) is 26.5 Å². The number of aliphatic hydroxyl groups is 1. The van der Waals surface area contributed by atoms with Crippen LogP contribution in [0.5, 0.6) is 0 Å². The molecule has 0 saturated carbocycles. The highest BCUT2D eigenvalue weighted by Crippen LogP contribution is 1.93. The first-order valence-electron chi connectivity index (χ1n) is 2.92. The number of nitrogens with zero attached hydrogens (tertiary/aromatic N) is 3. The largest absolute Gasteiger partial charge is 0.388 e. The van der Waals surface area contributed by atoms with E-state index < -0.39 is 6.67 Å². The van der Waals surface area contributed by atoms with E-state index in [0.29, 0.717) is 5.82 Å². The molecule has 1 aromatic rings. The van der Waals surface area contributed by atoms with Crippen molar-refractivity contribution in [2.24, 2.45) is 0 Å². The highest BCUT2D eigenvalue weighted by Gasteiger charge is 1.99. The molecule has 0 amide bonds. The maximum absolute atomic E-state index is 11.7. The maximum Gasteiger partial charge on any atom is 0.158 e. The number of alkyl halides is 1. The van der Waals surface area contributed by atoms with Crippen molar-refractivity contribution in [1.29, 1.82) is 0 Å². The lowest BCUT2D eigenvalue weighted by molar-refractivity contribution is 0.262. The number of aliphatic hydroxyl groups excluding tert-OH is 1. The molecule has 0 aliphatic carbocycles. The van der Waals surface area contributed by atoms with Crippen LogP contribution >= 0.6 is 0 Å². The molecular weight excluding hydrogens is 137 g/mol. The quantitative estimate of drug-likeness (QED) is 0.637. The lowest BCUT2D eigenvalue weighted by Crippen LogP contribution is -2.03. The van der Waals surface area contributed by atoms with Gasteiger partial charge in [0.05, 0.1) is 6.54 Å². The van der Waals surface area contributed by atoms with Crippen LogP contribution in [-0.2, 0) is 13.2 Å². The SMILES string of the molecule is OCc1nncn1CCF. The summed E-state index contributed by atoms with van der Waals surface area (Å²) in [6, 6.07) is 0. The minimum Gasteiger partial charge on any atom is -0.388 e. The van der Waals surface area contributed by atoms with E-state index in [1.807, 2.05) is 0 Å².